The molecular weight excluding hydrogens is 256 g/mol. The molecule has 0 radical (unpaired) electrons. The zero-order chi connectivity index (χ0) is 13.7. The second-order valence-electron chi connectivity index (χ2n) is 6.02. The molecule has 0 aromatic rings. The Morgan fingerprint density at radius 1 is 1.32 bits per heavy atom. The van der Waals surface area contributed by atoms with E-state index in [1.54, 1.807) is 0 Å². The molecule has 2 fully saturated rings. The maximum absolute atomic E-state index is 11.9. The first kappa shape index (κ1) is 15.2. The van der Waals surface area contributed by atoms with Crippen molar-refractivity contribution in [2.24, 2.45) is 11.7 Å². The summed E-state index contributed by atoms with van der Waals surface area (Å²) in [6.45, 7) is 2.89. The number of thioether (sulfide) groups is 1. The predicted molar refractivity (Wildman–Crippen MR) is 82.3 cm³/mol. The zero-order valence-corrected chi connectivity index (χ0v) is 12.9. The lowest BCUT2D eigenvalue weighted by Crippen LogP contribution is -2.57. The number of hydrogen-bond donors (Lipinski definition) is 2. The SMILES string of the molecule is CCNC1(C(N)=O)CCCC1CCSC1CCCC1. The van der Waals surface area contributed by atoms with Gasteiger partial charge in [0.25, 0.3) is 0 Å². The Hall–Kier alpha value is -0.220. The average Bonchev–Trinajstić information content (AvgIpc) is 3.01. The van der Waals surface area contributed by atoms with Crippen LogP contribution in [0.15, 0.2) is 0 Å². The highest BCUT2D eigenvalue weighted by Gasteiger charge is 2.46. The van der Waals surface area contributed by atoms with Gasteiger partial charge in [-0.15, -0.1) is 0 Å². The number of likely N-dealkylation sites (N-methyl/N-ethyl adjacent to an activating group) is 1. The largest absolute Gasteiger partial charge is 0.368 e. The molecule has 2 aliphatic rings. The minimum absolute atomic E-state index is 0.136. The monoisotopic (exact) mass is 284 g/mol. The zero-order valence-electron chi connectivity index (χ0n) is 12.1. The van der Waals surface area contributed by atoms with E-state index in [9.17, 15) is 4.79 Å². The Morgan fingerprint density at radius 3 is 2.68 bits per heavy atom. The summed E-state index contributed by atoms with van der Waals surface area (Å²) in [6, 6.07) is 0. The van der Waals surface area contributed by atoms with Crippen LogP contribution in [0.5, 0.6) is 0 Å². The van der Waals surface area contributed by atoms with E-state index in [2.05, 4.69) is 24.0 Å². The number of carbonyl (C=O) groups excluding carboxylic acids is 1. The van der Waals surface area contributed by atoms with Crippen molar-refractivity contribution in [3.8, 4) is 0 Å². The number of nitrogens with two attached hydrogens (primary N) is 1. The first-order valence-electron chi connectivity index (χ1n) is 7.85. The van der Waals surface area contributed by atoms with Crippen molar-refractivity contribution in [1.29, 1.82) is 0 Å². The van der Waals surface area contributed by atoms with Crippen molar-refractivity contribution in [2.45, 2.75) is 69.1 Å². The lowest BCUT2D eigenvalue weighted by molar-refractivity contribution is -0.125. The summed E-state index contributed by atoms with van der Waals surface area (Å²) >= 11 is 2.12. The van der Waals surface area contributed by atoms with Crippen LogP contribution >= 0.6 is 11.8 Å². The molecule has 1 amide bonds. The molecule has 0 heterocycles. The normalized spacial score (nSPS) is 31.9. The second-order valence-corrected chi connectivity index (χ2v) is 7.43. The minimum Gasteiger partial charge on any atom is -0.368 e. The highest BCUT2D eigenvalue weighted by atomic mass is 32.2. The molecule has 4 heteroatoms. The van der Waals surface area contributed by atoms with Crippen molar-refractivity contribution < 1.29 is 4.79 Å². The first-order chi connectivity index (χ1) is 9.19. The van der Waals surface area contributed by atoms with Gasteiger partial charge in [0, 0.05) is 5.25 Å². The molecule has 2 aliphatic carbocycles. The summed E-state index contributed by atoms with van der Waals surface area (Å²) in [5, 5.41) is 4.28. The number of carbonyl (C=O) groups is 1. The van der Waals surface area contributed by atoms with E-state index in [1.807, 2.05) is 0 Å². The number of rotatable bonds is 7. The molecule has 0 bridgehead atoms. The quantitative estimate of drug-likeness (QED) is 0.756. The highest BCUT2D eigenvalue weighted by molar-refractivity contribution is 7.99. The minimum atomic E-state index is -0.412. The molecule has 0 aromatic carbocycles. The van der Waals surface area contributed by atoms with Crippen molar-refractivity contribution >= 4 is 17.7 Å². The molecule has 3 N–H and O–H groups in total. The Bertz CT molecular complexity index is 305. The van der Waals surface area contributed by atoms with Gasteiger partial charge in [-0.2, -0.15) is 11.8 Å². The predicted octanol–water partition coefficient (Wildman–Crippen LogP) is 2.69. The van der Waals surface area contributed by atoms with Crippen LogP contribution in [-0.4, -0.2) is 29.0 Å². The van der Waals surface area contributed by atoms with Gasteiger partial charge in [-0.25, -0.2) is 0 Å². The van der Waals surface area contributed by atoms with Gasteiger partial charge < -0.3 is 11.1 Å². The van der Waals surface area contributed by atoms with E-state index in [0.29, 0.717) is 5.92 Å². The molecule has 0 aromatic heterocycles. The van der Waals surface area contributed by atoms with E-state index < -0.39 is 5.54 Å². The number of nitrogens with one attached hydrogen (secondary N) is 1. The Balaban J connectivity index is 1.84. The molecule has 19 heavy (non-hydrogen) atoms. The van der Waals surface area contributed by atoms with Gasteiger partial charge in [-0.3, -0.25) is 4.79 Å². The molecule has 3 nitrogen and oxygen atoms in total. The van der Waals surface area contributed by atoms with Crippen LogP contribution < -0.4 is 11.1 Å². The van der Waals surface area contributed by atoms with Gasteiger partial charge in [0.1, 0.15) is 5.54 Å². The third-order valence-corrected chi connectivity index (χ3v) is 6.29. The summed E-state index contributed by atoms with van der Waals surface area (Å²) in [5.41, 5.74) is 5.28. The fourth-order valence-corrected chi connectivity index (χ4v) is 5.28. The third-order valence-electron chi connectivity index (χ3n) is 4.87. The van der Waals surface area contributed by atoms with E-state index in [4.69, 9.17) is 5.73 Å². The standard InChI is InChI=1S/C15H28N2OS/c1-2-17-15(14(16)18)10-5-6-12(15)9-11-19-13-7-3-4-8-13/h12-13,17H,2-11H2,1H3,(H2,16,18). The van der Waals surface area contributed by atoms with Crippen LogP contribution in [-0.2, 0) is 4.79 Å². The van der Waals surface area contributed by atoms with Crippen molar-refractivity contribution in [3.05, 3.63) is 0 Å². The number of hydrogen-bond acceptors (Lipinski definition) is 3. The molecule has 0 saturated heterocycles. The third kappa shape index (κ3) is 3.46. The molecule has 0 spiro atoms. The fourth-order valence-electron chi connectivity index (χ4n) is 3.86. The average molecular weight is 284 g/mol. The molecule has 2 unspecified atom stereocenters. The van der Waals surface area contributed by atoms with Crippen molar-refractivity contribution in [3.63, 3.8) is 0 Å². The highest BCUT2D eigenvalue weighted by Crippen LogP contribution is 2.39. The van der Waals surface area contributed by atoms with Gasteiger partial charge >= 0.3 is 0 Å². The number of amides is 1. The van der Waals surface area contributed by atoms with Crippen molar-refractivity contribution in [1.82, 2.24) is 5.32 Å². The lowest BCUT2D eigenvalue weighted by Gasteiger charge is -2.33. The van der Waals surface area contributed by atoms with E-state index in [1.165, 1.54) is 31.4 Å². The Morgan fingerprint density at radius 2 is 2.05 bits per heavy atom. The van der Waals surface area contributed by atoms with Crippen LogP contribution in [0.4, 0.5) is 0 Å². The molecule has 0 aliphatic heterocycles. The van der Waals surface area contributed by atoms with Crippen LogP contribution in [0.1, 0.15) is 58.3 Å². The van der Waals surface area contributed by atoms with Gasteiger partial charge in [-0.1, -0.05) is 26.2 Å². The van der Waals surface area contributed by atoms with E-state index in [0.717, 1.165) is 37.5 Å². The summed E-state index contributed by atoms with van der Waals surface area (Å²) in [6.07, 6.45) is 9.95. The Kier molecular flexibility index (Phi) is 5.58. The van der Waals surface area contributed by atoms with Gasteiger partial charge in [0.15, 0.2) is 0 Å². The Labute approximate surface area is 121 Å². The molecule has 2 rings (SSSR count). The maximum Gasteiger partial charge on any atom is 0.238 e. The second kappa shape index (κ2) is 6.98. The summed E-state index contributed by atoms with van der Waals surface area (Å²) in [7, 11) is 0. The lowest BCUT2D eigenvalue weighted by atomic mass is 9.84. The smallest absolute Gasteiger partial charge is 0.238 e. The van der Waals surface area contributed by atoms with Crippen molar-refractivity contribution in [2.75, 3.05) is 12.3 Å². The van der Waals surface area contributed by atoms with E-state index >= 15 is 0 Å². The summed E-state index contributed by atoms with van der Waals surface area (Å²) < 4.78 is 0. The molecule has 110 valence electrons. The molecule has 2 saturated carbocycles. The first-order valence-corrected chi connectivity index (χ1v) is 8.90. The van der Waals surface area contributed by atoms with Crippen LogP contribution in [0, 0.1) is 5.92 Å². The molecule has 2 atom stereocenters. The van der Waals surface area contributed by atoms with Crippen LogP contribution in [0.25, 0.3) is 0 Å². The molecular formula is C15H28N2OS. The fraction of sp³-hybridized carbons (Fsp3) is 0.933. The van der Waals surface area contributed by atoms with Crippen LogP contribution in [0.3, 0.4) is 0 Å². The topological polar surface area (TPSA) is 55.1 Å². The maximum atomic E-state index is 11.9. The summed E-state index contributed by atoms with van der Waals surface area (Å²) in [5.74, 6) is 1.50. The van der Waals surface area contributed by atoms with E-state index in [-0.39, 0.29) is 5.91 Å². The van der Waals surface area contributed by atoms with Gasteiger partial charge in [-0.05, 0) is 50.3 Å². The number of primary amides is 1. The van der Waals surface area contributed by atoms with Crippen LogP contribution in [0.2, 0.25) is 0 Å². The van der Waals surface area contributed by atoms with Gasteiger partial charge in [0.2, 0.25) is 5.91 Å². The van der Waals surface area contributed by atoms with Gasteiger partial charge in [0.05, 0.1) is 0 Å². The summed E-state index contributed by atoms with van der Waals surface area (Å²) in [4.78, 5) is 11.9.